The maximum atomic E-state index is 12.9. The van der Waals surface area contributed by atoms with E-state index in [1.54, 1.807) is 6.92 Å². The lowest BCUT2D eigenvalue weighted by atomic mass is 9.98. The monoisotopic (exact) mass is 161 g/mol. The SMILES string of the molecule is CCOC(=O)C(F)C1CNC1. The molecular weight excluding hydrogens is 149 g/mol. The average Bonchev–Trinajstić information content (AvgIpc) is 1.84. The lowest BCUT2D eigenvalue weighted by Gasteiger charge is -2.28. The van der Waals surface area contributed by atoms with Crippen LogP contribution in [0.4, 0.5) is 4.39 Å². The molecule has 1 rings (SSSR count). The van der Waals surface area contributed by atoms with Gasteiger partial charge in [-0.1, -0.05) is 0 Å². The third kappa shape index (κ3) is 1.89. The van der Waals surface area contributed by atoms with Gasteiger partial charge < -0.3 is 10.1 Å². The van der Waals surface area contributed by atoms with Crippen molar-refractivity contribution >= 4 is 5.97 Å². The molecule has 0 spiro atoms. The summed E-state index contributed by atoms with van der Waals surface area (Å²) >= 11 is 0. The third-order valence-electron chi connectivity index (χ3n) is 1.74. The Labute approximate surface area is 64.9 Å². The first-order valence-electron chi connectivity index (χ1n) is 3.77. The second-order valence-corrected chi connectivity index (χ2v) is 2.57. The molecular formula is C7H12FNO2. The Kier molecular flexibility index (Phi) is 2.82. The van der Waals surface area contributed by atoms with Crippen LogP contribution in [0.15, 0.2) is 0 Å². The Morgan fingerprint density at radius 2 is 2.45 bits per heavy atom. The molecule has 3 nitrogen and oxygen atoms in total. The highest BCUT2D eigenvalue weighted by molar-refractivity contribution is 5.75. The summed E-state index contributed by atoms with van der Waals surface area (Å²) in [5.74, 6) is -0.895. The molecule has 0 radical (unpaired) electrons. The highest BCUT2D eigenvalue weighted by Crippen LogP contribution is 2.13. The summed E-state index contributed by atoms with van der Waals surface area (Å²) in [6.45, 7) is 3.09. The molecule has 0 saturated carbocycles. The number of carbonyl (C=O) groups is 1. The fraction of sp³-hybridized carbons (Fsp3) is 0.857. The Bertz CT molecular complexity index is 147. The largest absolute Gasteiger partial charge is 0.464 e. The van der Waals surface area contributed by atoms with E-state index in [2.05, 4.69) is 10.1 Å². The molecule has 64 valence electrons. The van der Waals surface area contributed by atoms with Gasteiger partial charge in [0.05, 0.1) is 6.61 Å². The molecule has 0 bridgehead atoms. The van der Waals surface area contributed by atoms with Gasteiger partial charge in [0.15, 0.2) is 0 Å². The van der Waals surface area contributed by atoms with Gasteiger partial charge in [-0.05, 0) is 6.92 Å². The van der Waals surface area contributed by atoms with Gasteiger partial charge >= 0.3 is 5.97 Å². The fourth-order valence-corrected chi connectivity index (χ4v) is 0.932. The summed E-state index contributed by atoms with van der Waals surface area (Å²) in [5.41, 5.74) is 0. The van der Waals surface area contributed by atoms with Gasteiger partial charge in [0, 0.05) is 19.0 Å². The zero-order valence-electron chi connectivity index (χ0n) is 6.47. The fourth-order valence-electron chi connectivity index (χ4n) is 0.932. The van der Waals surface area contributed by atoms with Gasteiger partial charge in [-0.25, -0.2) is 9.18 Å². The lowest BCUT2D eigenvalue weighted by molar-refractivity contribution is -0.152. The Morgan fingerprint density at radius 1 is 1.82 bits per heavy atom. The number of hydrogen-bond acceptors (Lipinski definition) is 3. The number of nitrogens with one attached hydrogen (secondary N) is 1. The van der Waals surface area contributed by atoms with Crippen LogP contribution in [0, 0.1) is 5.92 Å². The number of hydrogen-bond donors (Lipinski definition) is 1. The summed E-state index contributed by atoms with van der Waals surface area (Å²) in [5, 5.41) is 2.89. The van der Waals surface area contributed by atoms with E-state index in [9.17, 15) is 9.18 Å². The minimum atomic E-state index is -1.43. The number of ether oxygens (including phenoxy) is 1. The van der Waals surface area contributed by atoms with Crippen LogP contribution < -0.4 is 5.32 Å². The second kappa shape index (κ2) is 3.67. The molecule has 0 aromatic rings. The van der Waals surface area contributed by atoms with E-state index in [4.69, 9.17) is 0 Å². The van der Waals surface area contributed by atoms with Crippen LogP contribution in [0.3, 0.4) is 0 Å². The van der Waals surface area contributed by atoms with Gasteiger partial charge in [0.25, 0.3) is 0 Å². The van der Waals surface area contributed by atoms with Crippen molar-refractivity contribution in [3.63, 3.8) is 0 Å². The van der Waals surface area contributed by atoms with Crippen molar-refractivity contribution in [3.8, 4) is 0 Å². The summed E-state index contributed by atoms with van der Waals surface area (Å²) in [4.78, 5) is 10.8. The van der Waals surface area contributed by atoms with Crippen molar-refractivity contribution in [3.05, 3.63) is 0 Å². The number of carbonyl (C=O) groups excluding carboxylic acids is 1. The van der Waals surface area contributed by atoms with Crippen molar-refractivity contribution in [2.75, 3.05) is 19.7 Å². The summed E-state index contributed by atoms with van der Waals surface area (Å²) < 4.78 is 17.4. The Hall–Kier alpha value is -0.640. The highest BCUT2D eigenvalue weighted by Gasteiger charge is 2.33. The molecule has 1 unspecified atom stereocenters. The van der Waals surface area contributed by atoms with E-state index in [1.165, 1.54) is 0 Å². The number of alkyl halides is 1. The molecule has 0 aromatic heterocycles. The molecule has 0 amide bonds. The van der Waals surface area contributed by atoms with Crippen LogP contribution >= 0.6 is 0 Å². The molecule has 1 saturated heterocycles. The molecule has 1 fully saturated rings. The van der Waals surface area contributed by atoms with Crippen LogP contribution in [0.5, 0.6) is 0 Å². The minimum absolute atomic E-state index is 0.172. The Balaban J connectivity index is 2.27. The van der Waals surface area contributed by atoms with Gasteiger partial charge in [-0.3, -0.25) is 0 Å². The van der Waals surface area contributed by atoms with E-state index in [0.717, 1.165) is 0 Å². The van der Waals surface area contributed by atoms with Crippen LogP contribution in [0.25, 0.3) is 0 Å². The van der Waals surface area contributed by atoms with E-state index in [0.29, 0.717) is 13.1 Å². The molecule has 1 aliphatic heterocycles. The molecule has 4 heteroatoms. The van der Waals surface area contributed by atoms with E-state index in [-0.39, 0.29) is 12.5 Å². The van der Waals surface area contributed by atoms with Gasteiger partial charge in [0.1, 0.15) is 0 Å². The number of esters is 1. The zero-order chi connectivity index (χ0) is 8.27. The van der Waals surface area contributed by atoms with Crippen LogP contribution in [-0.2, 0) is 9.53 Å². The maximum absolute atomic E-state index is 12.9. The quantitative estimate of drug-likeness (QED) is 0.597. The number of halogens is 1. The molecule has 1 aliphatic rings. The predicted molar refractivity (Wildman–Crippen MR) is 37.9 cm³/mol. The second-order valence-electron chi connectivity index (χ2n) is 2.57. The smallest absolute Gasteiger partial charge is 0.341 e. The first kappa shape index (κ1) is 8.46. The summed E-state index contributed by atoms with van der Waals surface area (Å²) in [7, 11) is 0. The molecule has 0 aliphatic carbocycles. The molecule has 11 heavy (non-hydrogen) atoms. The van der Waals surface area contributed by atoms with Crippen molar-refractivity contribution in [2.24, 2.45) is 5.92 Å². The van der Waals surface area contributed by atoms with E-state index >= 15 is 0 Å². The number of rotatable bonds is 3. The predicted octanol–water partition coefficient (Wildman–Crippen LogP) is 0.107. The van der Waals surface area contributed by atoms with E-state index < -0.39 is 12.1 Å². The first-order chi connectivity index (χ1) is 5.25. The molecule has 1 heterocycles. The molecule has 1 N–H and O–H groups in total. The van der Waals surface area contributed by atoms with Crippen molar-refractivity contribution < 1.29 is 13.9 Å². The first-order valence-corrected chi connectivity index (χ1v) is 3.77. The van der Waals surface area contributed by atoms with Crippen molar-refractivity contribution in [2.45, 2.75) is 13.1 Å². The van der Waals surface area contributed by atoms with Crippen LogP contribution in [-0.4, -0.2) is 31.8 Å². The third-order valence-corrected chi connectivity index (χ3v) is 1.74. The zero-order valence-corrected chi connectivity index (χ0v) is 6.47. The maximum Gasteiger partial charge on any atom is 0.341 e. The normalized spacial score (nSPS) is 20.5. The van der Waals surface area contributed by atoms with Gasteiger partial charge in [-0.2, -0.15) is 0 Å². The van der Waals surface area contributed by atoms with Crippen molar-refractivity contribution in [1.29, 1.82) is 0 Å². The standard InChI is InChI=1S/C7H12FNO2/c1-2-11-7(10)6(8)5-3-9-4-5/h5-6,9H,2-4H2,1H3. The van der Waals surface area contributed by atoms with Gasteiger partial charge in [0.2, 0.25) is 6.17 Å². The summed E-state index contributed by atoms with van der Waals surface area (Å²) in [6.07, 6.45) is -1.43. The average molecular weight is 161 g/mol. The molecule has 1 atom stereocenters. The highest BCUT2D eigenvalue weighted by atomic mass is 19.1. The minimum Gasteiger partial charge on any atom is -0.464 e. The van der Waals surface area contributed by atoms with Crippen LogP contribution in [0.1, 0.15) is 6.92 Å². The van der Waals surface area contributed by atoms with Gasteiger partial charge in [-0.15, -0.1) is 0 Å². The lowest BCUT2D eigenvalue weighted by Crippen LogP contribution is -2.49. The molecule has 0 aromatic carbocycles. The van der Waals surface area contributed by atoms with E-state index in [1.807, 2.05) is 0 Å². The Morgan fingerprint density at radius 3 is 2.82 bits per heavy atom. The topological polar surface area (TPSA) is 38.3 Å². The summed E-state index contributed by atoms with van der Waals surface area (Å²) in [6, 6.07) is 0. The van der Waals surface area contributed by atoms with Crippen LogP contribution in [0.2, 0.25) is 0 Å². The van der Waals surface area contributed by atoms with Crippen molar-refractivity contribution in [1.82, 2.24) is 5.32 Å².